The molecule has 1 N–H and O–H groups in total. The number of aryl methyl sites for hydroxylation is 1. The molecule has 3 rings (SSSR count). The van der Waals surface area contributed by atoms with E-state index in [1.165, 1.54) is 15.3 Å². The summed E-state index contributed by atoms with van der Waals surface area (Å²) in [7, 11) is -3.59. The van der Waals surface area contributed by atoms with E-state index in [9.17, 15) is 22.4 Å². The maximum Gasteiger partial charge on any atom is 0.243 e. The average Bonchev–Trinajstić information content (AvgIpc) is 2.90. The van der Waals surface area contributed by atoms with Crippen molar-refractivity contribution in [1.82, 2.24) is 10.2 Å². The number of hydrogen-bond acceptors (Lipinski definition) is 4. The van der Waals surface area contributed by atoms with E-state index < -0.39 is 21.9 Å². The molecule has 0 radical (unpaired) electrons. The molecule has 0 aliphatic rings. The van der Waals surface area contributed by atoms with Crippen molar-refractivity contribution in [1.29, 1.82) is 0 Å². The Morgan fingerprint density at radius 3 is 2.21 bits per heavy atom. The van der Waals surface area contributed by atoms with Crippen LogP contribution < -0.4 is 9.62 Å². The summed E-state index contributed by atoms with van der Waals surface area (Å²) in [4.78, 5) is 28.3. The summed E-state index contributed by atoms with van der Waals surface area (Å²) >= 11 is 0. The van der Waals surface area contributed by atoms with Gasteiger partial charge in [0.25, 0.3) is 0 Å². The highest BCUT2D eigenvalue weighted by atomic mass is 32.2. The van der Waals surface area contributed by atoms with Crippen LogP contribution in [0, 0.1) is 12.7 Å². The third-order valence-electron chi connectivity index (χ3n) is 6.39. The van der Waals surface area contributed by atoms with E-state index in [4.69, 9.17) is 0 Å². The van der Waals surface area contributed by atoms with Gasteiger partial charge in [-0.25, -0.2) is 12.8 Å². The van der Waals surface area contributed by atoms with Gasteiger partial charge in [0.1, 0.15) is 11.9 Å². The summed E-state index contributed by atoms with van der Waals surface area (Å²) in [5.41, 5.74) is 2.68. The van der Waals surface area contributed by atoms with Gasteiger partial charge in [-0.15, -0.1) is 0 Å². The van der Waals surface area contributed by atoms with E-state index in [2.05, 4.69) is 5.32 Å². The third-order valence-corrected chi connectivity index (χ3v) is 7.59. The molecule has 2 amide bonds. The van der Waals surface area contributed by atoms with Gasteiger partial charge in [0, 0.05) is 38.0 Å². The van der Waals surface area contributed by atoms with Crippen LogP contribution in [-0.4, -0.2) is 50.5 Å². The van der Waals surface area contributed by atoms with Gasteiger partial charge in [-0.3, -0.25) is 13.9 Å². The minimum Gasteiger partial charge on any atom is -0.355 e. The Hall–Kier alpha value is -3.72. The molecule has 0 bridgehead atoms. The number of rotatable bonds is 13. The molecule has 9 heteroatoms. The van der Waals surface area contributed by atoms with E-state index in [1.54, 1.807) is 37.3 Å². The second kappa shape index (κ2) is 13.9. The largest absolute Gasteiger partial charge is 0.355 e. The molecule has 208 valence electrons. The molecule has 39 heavy (non-hydrogen) atoms. The average molecular weight is 554 g/mol. The Labute approximate surface area is 230 Å². The minimum atomic E-state index is -3.59. The van der Waals surface area contributed by atoms with Gasteiger partial charge >= 0.3 is 0 Å². The molecule has 0 aliphatic carbocycles. The number of halogens is 1. The standard InChI is InChI=1S/C30H36FN3O4S/c1-4-32-30(36)28(21-24-11-6-5-7-12-24)33(22-25-13-8-9-14-27(25)31)29(35)15-10-20-34(39(3,37)38)26-18-16-23(2)17-19-26/h5-9,11-14,16-19,28H,4,10,15,20-22H2,1-3H3,(H,32,36). The van der Waals surface area contributed by atoms with Gasteiger partial charge in [0.15, 0.2) is 0 Å². The molecule has 0 spiro atoms. The molecule has 0 saturated carbocycles. The fourth-order valence-electron chi connectivity index (χ4n) is 4.37. The number of nitrogens with one attached hydrogen (secondary N) is 1. The predicted molar refractivity (Wildman–Crippen MR) is 152 cm³/mol. The molecule has 0 aliphatic heterocycles. The zero-order valence-corrected chi connectivity index (χ0v) is 23.5. The first-order valence-electron chi connectivity index (χ1n) is 13.0. The lowest BCUT2D eigenvalue weighted by atomic mass is 10.0. The highest BCUT2D eigenvalue weighted by Crippen LogP contribution is 2.21. The Morgan fingerprint density at radius 2 is 1.59 bits per heavy atom. The summed E-state index contributed by atoms with van der Waals surface area (Å²) in [5, 5.41) is 2.81. The topological polar surface area (TPSA) is 86.8 Å². The molecular formula is C30H36FN3O4S. The molecule has 0 heterocycles. The van der Waals surface area contributed by atoms with Gasteiger partial charge in [-0.05, 0) is 44.0 Å². The van der Waals surface area contributed by atoms with Crippen LogP contribution in [0.15, 0.2) is 78.9 Å². The normalized spacial score (nSPS) is 12.0. The van der Waals surface area contributed by atoms with Crippen LogP contribution in [0.1, 0.15) is 36.5 Å². The number of hydrogen-bond donors (Lipinski definition) is 1. The Bertz CT molecular complexity index is 1350. The number of likely N-dealkylation sites (N-methyl/N-ethyl adjacent to an activating group) is 1. The second-order valence-electron chi connectivity index (χ2n) is 9.49. The van der Waals surface area contributed by atoms with Crippen molar-refractivity contribution in [2.75, 3.05) is 23.7 Å². The number of benzene rings is 3. The van der Waals surface area contributed by atoms with Gasteiger partial charge in [-0.2, -0.15) is 0 Å². The van der Waals surface area contributed by atoms with Crippen LogP contribution in [0.4, 0.5) is 10.1 Å². The lowest BCUT2D eigenvalue weighted by Crippen LogP contribution is -2.50. The van der Waals surface area contributed by atoms with Gasteiger partial charge in [0.05, 0.1) is 11.9 Å². The number of nitrogens with zero attached hydrogens (tertiary/aromatic N) is 2. The Balaban J connectivity index is 1.86. The monoisotopic (exact) mass is 553 g/mol. The summed E-state index contributed by atoms with van der Waals surface area (Å²) in [6, 6.07) is 21.8. The van der Waals surface area contributed by atoms with Crippen molar-refractivity contribution in [3.63, 3.8) is 0 Å². The van der Waals surface area contributed by atoms with Crippen molar-refractivity contribution < 1.29 is 22.4 Å². The SMILES string of the molecule is CCNC(=O)C(Cc1ccccc1)N(Cc1ccccc1F)C(=O)CCCN(c1ccc(C)cc1)S(C)(=O)=O. The Morgan fingerprint density at radius 1 is 0.949 bits per heavy atom. The van der Waals surface area contributed by atoms with Gasteiger partial charge in [0.2, 0.25) is 21.8 Å². The Kier molecular flexibility index (Phi) is 10.6. The number of sulfonamides is 1. The molecule has 3 aromatic rings. The molecular weight excluding hydrogens is 517 g/mol. The molecule has 1 unspecified atom stereocenters. The second-order valence-corrected chi connectivity index (χ2v) is 11.4. The highest BCUT2D eigenvalue weighted by Gasteiger charge is 2.30. The number of amides is 2. The summed E-state index contributed by atoms with van der Waals surface area (Å²) in [5.74, 6) is -1.15. The molecule has 0 aromatic heterocycles. The number of anilines is 1. The highest BCUT2D eigenvalue weighted by molar-refractivity contribution is 7.92. The first kappa shape index (κ1) is 29.8. The van der Waals surface area contributed by atoms with E-state index >= 15 is 0 Å². The maximum absolute atomic E-state index is 14.6. The fourth-order valence-corrected chi connectivity index (χ4v) is 5.34. The van der Waals surface area contributed by atoms with Crippen molar-refractivity contribution in [3.05, 3.63) is 101 Å². The van der Waals surface area contributed by atoms with Crippen molar-refractivity contribution in [2.45, 2.75) is 45.7 Å². The fraction of sp³-hybridized carbons (Fsp3) is 0.333. The molecule has 3 aromatic carbocycles. The van der Waals surface area contributed by atoms with E-state index in [0.29, 0.717) is 17.8 Å². The number of carbonyl (C=O) groups excluding carboxylic acids is 2. The predicted octanol–water partition coefficient (Wildman–Crippen LogP) is 4.46. The maximum atomic E-state index is 14.6. The van der Waals surface area contributed by atoms with Crippen LogP contribution >= 0.6 is 0 Å². The van der Waals surface area contributed by atoms with Gasteiger partial charge in [-0.1, -0.05) is 66.2 Å². The van der Waals surface area contributed by atoms with Crippen LogP contribution in [0.3, 0.4) is 0 Å². The lowest BCUT2D eigenvalue weighted by molar-refractivity contribution is -0.141. The molecule has 1 atom stereocenters. The smallest absolute Gasteiger partial charge is 0.243 e. The van der Waals surface area contributed by atoms with E-state index in [-0.39, 0.29) is 44.2 Å². The van der Waals surface area contributed by atoms with Crippen LogP contribution in [0.5, 0.6) is 0 Å². The van der Waals surface area contributed by atoms with E-state index in [1.807, 2.05) is 49.4 Å². The first-order valence-corrected chi connectivity index (χ1v) is 14.8. The molecule has 7 nitrogen and oxygen atoms in total. The summed E-state index contributed by atoms with van der Waals surface area (Å²) < 4.78 is 40.9. The zero-order valence-electron chi connectivity index (χ0n) is 22.6. The van der Waals surface area contributed by atoms with E-state index in [0.717, 1.165) is 17.4 Å². The van der Waals surface area contributed by atoms with Crippen LogP contribution in [-0.2, 0) is 32.6 Å². The quantitative estimate of drug-likeness (QED) is 0.339. The van der Waals surface area contributed by atoms with Crippen molar-refractivity contribution in [2.24, 2.45) is 0 Å². The number of carbonyl (C=O) groups is 2. The minimum absolute atomic E-state index is 0.0168. The lowest BCUT2D eigenvalue weighted by Gasteiger charge is -2.32. The zero-order chi connectivity index (χ0) is 28.4. The molecule has 0 saturated heterocycles. The van der Waals surface area contributed by atoms with Gasteiger partial charge < -0.3 is 10.2 Å². The van der Waals surface area contributed by atoms with Crippen molar-refractivity contribution in [3.8, 4) is 0 Å². The molecule has 0 fully saturated rings. The van der Waals surface area contributed by atoms with Crippen LogP contribution in [0.25, 0.3) is 0 Å². The summed E-state index contributed by atoms with van der Waals surface area (Å²) in [6.07, 6.45) is 1.59. The van der Waals surface area contributed by atoms with Crippen LogP contribution in [0.2, 0.25) is 0 Å². The first-order chi connectivity index (χ1) is 18.6. The third kappa shape index (κ3) is 8.64. The van der Waals surface area contributed by atoms with Crippen molar-refractivity contribution >= 4 is 27.5 Å². The summed E-state index contributed by atoms with van der Waals surface area (Å²) in [6.45, 7) is 4.09.